The Morgan fingerprint density at radius 1 is 0.952 bits per heavy atom. The molecular formula is C9H20CaO10Zn. The molecule has 0 saturated carbocycles. The van der Waals surface area contributed by atoms with Crippen molar-refractivity contribution in [3.63, 3.8) is 0 Å². The van der Waals surface area contributed by atoms with Gasteiger partial charge in [0, 0.05) is 19.5 Å². The number of carboxylic acid groups (broad SMARTS) is 2. The van der Waals surface area contributed by atoms with Gasteiger partial charge in [0.15, 0.2) is 6.10 Å². The van der Waals surface area contributed by atoms with E-state index in [0.717, 1.165) is 0 Å². The zero-order valence-electron chi connectivity index (χ0n) is 13.4. The van der Waals surface area contributed by atoms with Gasteiger partial charge >= 0.3 is 49.7 Å². The Bertz CT molecular complexity index is 300. The van der Waals surface area contributed by atoms with E-state index >= 15 is 0 Å². The molecule has 0 heterocycles. The Labute approximate surface area is 165 Å². The Balaban J connectivity index is -0.0000000635. The fourth-order valence-electron chi connectivity index (χ4n) is 0.668. The third-order valence-electron chi connectivity index (χ3n) is 1.87. The summed E-state index contributed by atoms with van der Waals surface area (Å²) in [6.07, 6.45) is -9.07. The Hall–Kier alpha value is 0.583. The van der Waals surface area contributed by atoms with Crippen LogP contribution in [0.2, 0.25) is 0 Å². The van der Waals surface area contributed by atoms with Crippen molar-refractivity contribution in [2.24, 2.45) is 0 Å². The summed E-state index contributed by atoms with van der Waals surface area (Å²) in [5.74, 6) is -2.91. The fraction of sp³-hybridized carbons (Fsp3) is 0.778. The summed E-state index contributed by atoms with van der Waals surface area (Å²) in [5.41, 5.74) is 0. The minimum atomic E-state index is -2.20. The molecule has 5 unspecified atom stereocenters. The summed E-state index contributed by atoms with van der Waals surface area (Å²) < 4.78 is 0. The van der Waals surface area contributed by atoms with Crippen LogP contribution in [0.3, 0.4) is 0 Å². The molecule has 0 aliphatic heterocycles. The summed E-state index contributed by atoms with van der Waals surface area (Å²) in [5, 5.41) is 67.6. The summed E-state index contributed by atoms with van der Waals surface area (Å²) in [6, 6.07) is 0. The van der Waals surface area contributed by atoms with Gasteiger partial charge in [-0.3, -0.25) is 0 Å². The molecule has 0 radical (unpaired) electrons. The first-order valence-corrected chi connectivity index (χ1v) is 5.03. The van der Waals surface area contributed by atoms with Gasteiger partial charge in [-0.25, -0.2) is 9.59 Å². The van der Waals surface area contributed by atoms with Gasteiger partial charge in [0.05, 0.1) is 6.61 Å². The van der Waals surface area contributed by atoms with Crippen LogP contribution in [-0.2, 0) is 29.1 Å². The van der Waals surface area contributed by atoms with E-state index < -0.39 is 49.1 Å². The maximum Gasteiger partial charge on any atom is 2.00 e. The zero-order chi connectivity index (χ0) is 15.7. The molecule has 0 fully saturated rings. The maximum absolute atomic E-state index is 10.1. The van der Waals surface area contributed by atoms with E-state index in [0.29, 0.717) is 0 Å². The summed E-state index contributed by atoms with van der Waals surface area (Å²) >= 11 is 0. The average molecular weight is 394 g/mol. The Morgan fingerprint density at radius 3 is 1.48 bits per heavy atom. The number of rotatable bonds is 6. The van der Waals surface area contributed by atoms with E-state index in [4.69, 9.17) is 40.9 Å². The van der Waals surface area contributed by atoms with Crippen molar-refractivity contribution < 1.29 is 72.8 Å². The van der Waals surface area contributed by atoms with Crippen LogP contribution in [0.5, 0.6) is 0 Å². The van der Waals surface area contributed by atoms with Crippen LogP contribution in [0.25, 0.3) is 0 Å². The minimum Gasteiger partial charge on any atom is -1.00 e. The number of aliphatic carboxylic acids is 2. The number of carboxylic acids is 2. The molecule has 21 heavy (non-hydrogen) atoms. The Kier molecular flexibility index (Phi) is 21.8. The van der Waals surface area contributed by atoms with Crippen molar-refractivity contribution in [2.75, 3.05) is 6.61 Å². The molecule has 8 N–H and O–H groups in total. The Morgan fingerprint density at radius 2 is 1.29 bits per heavy atom. The van der Waals surface area contributed by atoms with E-state index in [1.807, 2.05) is 0 Å². The second kappa shape index (κ2) is 15.5. The molecule has 10 nitrogen and oxygen atoms in total. The van der Waals surface area contributed by atoms with Crippen molar-refractivity contribution in [3.8, 4) is 0 Å². The molecule has 0 rings (SSSR count). The van der Waals surface area contributed by atoms with Crippen LogP contribution in [0.15, 0.2) is 0 Å². The van der Waals surface area contributed by atoms with Crippen LogP contribution in [-0.4, -0.2) is 128 Å². The topological polar surface area (TPSA) is 196 Å². The minimum absolute atomic E-state index is 0. The van der Waals surface area contributed by atoms with Gasteiger partial charge in [0.1, 0.15) is 24.4 Å². The number of aliphatic hydroxyl groups excluding tert-OH is 6. The molecule has 0 aromatic heterocycles. The molecule has 120 valence electrons. The maximum atomic E-state index is 10.1. The van der Waals surface area contributed by atoms with Crippen molar-refractivity contribution in [1.29, 1.82) is 0 Å². The van der Waals surface area contributed by atoms with Gasteiger partial charge in [-0.05, 0) is 6.92 Å². The zero-order valence-corrected chi connectivity index (χ0v) is 16.6. The summed E-state index contributed by atoms with van der Waals surface area (Å²) in [7, 11) is 0. The van der Waals surface area contributed by atoms with Crippen molar-refractivity contribution >= 4 is 49.7 Å². The van der Waals surface area contributed by atoms with Crippen molar-refractivity contribution in [1.82, 2.24) is 0 Å². The molecule has 0 spiro atoms. The second-order valence-electron chi connectivity index (χ2n) is 3.53. The average Bonchev–Trinajstić information content (AvgIpc) is 2.35. The fourth-order valence-corrected chi connectivity index (χ4v) is 0.668. The van der Waals surface area contributed by atoms with Crippen LogP contribution < -0.4 is 0 Å². The first-order valence-electron chi connectivity index (χ1n) is 5.03. The van der Waals surface area contributed by atoms with E-state index in [1.54, 1.807) is 0 Å². The third kappa shape index (κ3) is 13.9. The van der Waals surface area contributed by atoms with Crippen LogP contribution >= 0.6 is 0 Å². The number of aliphatic hydroxyl groups is 6. The molecule has 12 heteroatoms. The monoisotopic (exact) mass is 392 g/mol. The van der Waals surface area contributed by atoms with Crippen molar-refractivity contribution in [3.05, 3.63) is 0 Å². The van der Waals surface area contributed by atoms with Gasteiger partial charge in [-0.2, -0.15) is 0 Å². The molecule has 0 aromatic carbocycles. The van der Waals surface area contributed by atoms with E-state index in [9.17, 15) is 9.59 Å². The third-order valence-corrected chi connectivity index (χ3v) is 1.87. The summed E-state index contributed by atoms with van der Waals surface area (Å²) in [4.78, 5) is 19.5. The predicted octanol–water partition coefficient (Wildman–Crippen LogP) is -4.20. The first-order chi connectivity index (χ1) is 8.56. The SMILES string of the molecule is CC(O)C(=O)O.O=C(O)C(O)C(O)C(O)C(O)CO.[Ca+2].[H-].[H-].[Zn]. The number of carbonyl (C=O) groups is 2. The first kappa shape index (κ1) is 29.6. The van der Waals surface area contributed by atoms with Gasteiger partial charge < -0.3 is 43.7 Å². The van der Waals surface area contributed by atoms with Crippen LogP contribution in [0, 0.1) is 0 Å². The van der Waals surface area contributed by atoms with Crippen LogP contribution in [0.4, 0.5) is 0 Å². The van der Waals surface area contributed by atoms with Crippen LogP contribution in [0.1, 0.15) is 9.78 Å². The predicted molar refractivity (Wildman–Crippen MR) is 66.0 cm³/mol. The van der Waals surface area contributed by atoms with E-state index in [2.05, 4.69) is 0 Å². The number of hydrogen-bond donors (Lipinski definition) is 8. The van der Waals surface area contributed by atoms with Gasteiger partial charge in [-0.15, -0.1) is 0 Å². The number of hydrogen-bond acceptors (Lipinski definition) is 8. The normalized spacial score (nSPS) is 16.5. The summed E-state index contributed by atoms with van der Waals surface area (Å²) in [6.45, 7) is 0.354. The van der Waals surface area contributed by atoms with E-state index in [-0.39, 0.29) is 60.1 Å². The van der Waals surface area contributed by atoms with E-state index in [1.165, 1.54) is 6.92 Å². The van der Waals surface area contributed by atoms with Gasteiger partial charge in [0.2, 0.25) is 0 Å². The molecule has 0 saturated heterocycles. The second-order valence-corrected chi connectivity index (χ2v) is 3.53. The smallest absolute Gasteiger partial charge is 1.00 e. The van der Waals surface area contributed by atoms with Crippen molar-refractivity contribution in [2.45, 2.75) is 37.4 Å². The molecule has 0 bridgehead atoms. The largest absolute Gasteiger partial charge is 2.00 e. The molecular weight excluding hydrogens is 374 g/mol. The molecule has 5 atom stereocenters. The van der Waals surface area contributed by atoms with Gasteiger partial charge in [0.25, 0.3) is 0 Å². The molecule has 0 aliphatic rings. The molecule has 0 aliphatic carbocycles. The quantitative estimate of drug-likeness (QED) is 0.205. The standard InChI is InChI=1S/C6H12O7.C3H6O3.Ca.Zn.2H/c7-1-2(8)3(9)4(10)5(11)6(12)13;1-2(4)3(5)6;;;;/h2-5,7-11H,1H2,(H,12,13);2,4H,1H3,(H,5,6);;;;/q;;+2;;2*-1. The molecule has 0 aromatic rings. The molecule has 0 amide bonds. The van der Waals surface area contributed by atoms with Gasteiger partial charge in [-0.1, -0.05) is 0 Å².